The molecule has 1 heterocycles. The maximum absolute atomic E-state index is 12.1. The third-order valence-corrected chi connectivity index (χ3v) is 5.33. The highest BCUT2D eigenvalue weighted by atomic mass is 127. The first-order chi connectivity index (χ1) is 13.6. The van der Waals surface area contributed by atoms with E-state index < -0.39 is 0 Å². The van der Waals surface area contributed by atoms with Crippen molar-refractivity contribution in [3.05, 3.63) is 33.8 Å². The van der Waals surface area contributed by atoms with Crippen LogP contribution in [-0.2, 0) is 14.9 Å². The van der Waals surface area contributed by atoms with Gasteiger partial charge in [0.05, 0.1) is 0 Å². The molecular formula is C21H33Cl2IN4O2. The minimum absolute atomic E-state index is 0. The first-order valence-electron chi connectivity index (χ1n) is 10.0. The molecule has 1 aliphatic heterocycles. The number of ether oxygens (including phenoxy) is 1. The third-order valence-electron chi connectivity index (χ3n) is 4.79. The van der Waals surface area contributed by atoms with Crippen LogP contribution in [0.3, 0.4) is 0 Å². The summed E-state index contributed by atoms with van der Waals surface area (Å²) < 4.78 is 5.59. The Bertz CT molecular complexity index is 732. The van der Waals surface area contributed by atoms with Crippen LogP contribution >= 0.6 is 47.2 Å². The summed E-state index contributed by atoms with van der Waals surface area (Å²) in [5.74, 6) is 0.490. The maximum Gasteiger partial charge on any atom is 0.242 e. The lowest BCUT2D eigenvalue weighted by molar-refractivity contribution is -0.121. The minimum atomic E-state index is -0.282. The molecule has 1 aromatic rings. The number of amides is 1. The molecule has 0 spiro atoms. The van der Waals surface area contributed by atoms with Crippen molar-refractivity contribution in [3.8, 4) is 0 Å². The molecule has 0 aliphatic carbocycles. The van der Waals surface area contributed by atoms with E-state index in [9.17, 15) is 4.79 Å². The van der Waals surface area contributed by atoms with Crippen molar-refractivity contribution in [2.45, 2.75) is 51.5 Å². The molecule has 1 amide bonds. The number of carbonyl (C=O) groups is 1. The molecule has 0 aromatic heterocycles. The van der Waals surface area contributed by atoms with Gasteiger partial charge in [0.1, 0.15) is 6.54 Å². The van der Waals surface area contributed by atoms with Gasteiger partial charge in [-0.15, -0.1) is 24.0 Å². The molecule has 1 aliphatic rings. The number of halogens is 3. The lowest BCUT2D eigenvalue weighted by Crippen LogP contribution is -2.48. The van der Waals surface area contributed by atoms with Crippen LogP contribution in [0.1, 0.15) is 46.1 Å². The smallest absolute Gasteiger partial charge is 0.242 e. The number of aliphatic imine (C=N–C) groups is 1. The van der Waals surface area contributed by atoms with Gasteiger partial charge in [-0.1, -0.05) is 29.3 Å². The SMILES string of the molecule is CCNC(=NCC(=O)NC(C)(C)C)NCC1(c2ccc(Cl)cc2Cl)CCOCC1.I. The van der Waals surface area contributed by atoms with E-state index in [2.05, 4.69) is 20.9 Å². The van der Waals surface area contributed by atoms with Crippen molar-refractivity contribution in [1.29, 1.82) is 0 Å². The van der Waals surface area contributed by atoms with E-state index in [-0.39, 0.29) is 47.4 Å². The number of rotatable bonds is 6. The van der Waals surface area contributed by atoms with Crippen LogP contribution in [0.5, 0.6) is 0 Å². The normalized spacial score (nSPS) is 16.4. The molecule has 0 bridgehead atoms. The summed E-state index contributed by atoms with van der Waals surface area (Å²) in [6.07, 6.45) is 1.68. The van der Waals surface area contributed by atoms with E-state index in [1.54, 1.807) is 6.07 Å². The van der Waals surface area contributed by atoms with Crippen molar-refractivity contribution in [1.82, 2.24) is 16.0 Å². The van der Waals surface area contributed by atoms with Crippen molar-refractivity contribution < 1.29 is 9.53 Å². The van der Waals surface area contributed by atoms with Crippen LogP contribution < -0.4 is 16.0 Å². The predicted molar refractivity (Wildman–Crippen MR) is 135 cm³/mol. The Morgan fingerprint density at radius 1 is 1.20 bits per heavy atom. The fourth-order valence-corrected chi connectivity index (χ4v) is 4.04. The van der Waals surface area contributed by atoms with Crippen molar-refractivity contribution in [2.24, 2.45) is 4.99 Å². The van der Waals surface area contributed by atoms with Gasteiger partial charge in [0.15, 0.2) is 5.96 Å². The van der Waals surface area contributed by atoms with Crippen molar-refractivity contribution in [2.75, 3.05) is 32.8 Å². The molecule has 6 nitrogen and oxygen atoms in total. The molecule has 0 atom stereocenters. The molecule has 0 saturated carbocycles. The molecule has 1 saturated heterocycles. The quantitative estimate of drug-likeness (QED) is 0.273. The van der Waals surface area contributed by atoms with Gasteiger partial charge in [-0.3, -0.25) is 4.79 Å². The van der Waals surface area contributed by atoms with Crippen LogP contribution in [0, 0.1) is 0 Å². The average molecular weight is 571 g/mol. The molecule has 0 radical (unpaired) electrons. The van der Waals surface area contributed by atoms with Gasteiger partial charge in [-0.25, -0.2) is 4.99 Å². The molecule has 0 unspecified atom stereocenters. The fraction of sp³-hybridized carbons (Fsp3) is 0.619. The number of guanidine groups is 1. The van der Waals surface area contributed by atoms with Crippen molar-refractivity contribution in [3.63, 3.8) is 0 Å². The van der Waals surface area contributed by atoms with Crippen molar-refractivity contribution >= 4 is 59.0 Å². The van der Waals surface area contributed by atoms with Gasteiger partial charge in [0.2, 0.25) is 5.91 Å². The first kappa shape index (κ1) is 27.3. The Balaban J connectivity index is 0.00000450. The Hall–Kier alpha value is -0.770. The average Bonchev–Trinajstić information content (AvgIpc) is 2.63. The molecule has 30 heavy (non-hydrogen) atoms. The Morgan fingerprint density at radius 2 is 1.87 bits per heavy atom. The summed E-state index contributed by atoms with van der Waals surface area (Å²) in [4.78, 5) is 16.6. The van der Waals surface area contributed by atoms with Gasteiger partial charge in [-0.2, -0.15) is 0 Å². The highest BCUT2D eigenvalue weighted by Crippen LogP contribution is 2.39. The highest BCUT2D eigenvalue weighted by Gasteiger charge is 2.36. The zero-order chi connectivity index (χ0) is 21.5. The summed E-state index contributed by atoms with van der Waals surface area (Å²) in [5.41, 5.74) is 0.584. The van der Waals surface area contributed by atoms with E-state index in [0.29, 0.717) is 42.3 Å². The first-order valence-corrected chi connectivity index (χ1v) is 10.8. The van der Waals surface area contributed by atoms with Gasteiger partial charge in [0, 0.05) is 47.3 Å². The molecular weight excluding hydrogens is 538 g/mol. The Kier molecular flexibility index (Phi) is 11.2. The number of benzene rings is 1. The van der Waals surface area contributed by atoms with E-state index >= 15 is 0 Å². The number of hydrogen-bond donors (Lipinski definition) is 3. The molecule has 1 aromatic carbocycles. The zero-order valence-electron chi connectivity index (χ0n) is 18.1. The summed E-state index contributed by atoms with van der Waals surface area (Å²) in [6.45, 7) is 10.6. The second-order valence-electron chi connectivity index (χ2n) is 8.36. The van der Waals surface area contributed by atoms with Crippen LogP contribution in [-0.4, -0.2) is 50.3 Å². The van der Waals surface area contributed by atoms with Crippen LogP contribution in [0.4, 0.5) is 0 Å². The number of hydrogen-bond acceptors (Lipinski definition) is 3. The number of carbonyl (C=O) groups excluding carboxylic acids is 1. The summed E-state index contributed by atoms with van der Waals surface area (Å²) in [5, 5.41) is 10.8. The van der Waals surface area contributed by atoms with Crippen LogP contribution in [0.2, 0.25) is 10.0 Å². The predicted octanol–water partition coefficient (Wildman–Crippen LogP) is 4.13. The molecule has 3 N–H and O–H groups in total. The van der Waals surface area contributed by atoms with Gasteiger partial charge >= 0.3 is 0 Å². The highest BCUT2D eigenvalue weighted by molar-refractivity contribution is 14.0. The van der Waals surface area contributed by atoms with E-state index in [1.165, 1.54) is 0 Å². The van der Waals surface area contributed by atoms with Gasteiger partial charge < -0.3 is 20.7 Å². The fourth-order valence-electron chi connectivity index (χ4n) is 3.43. The number of nitrogens with one attached hydrogen (secondary N) is 3. The van der Waals surface area contributed by atoms with Crippen LogP contribution in [0.15, 0.2) is 23.2 Å². The van der Waals surface area contributed by atoms with E-state index in [4.69, 9.17) is 27.9 Å². The topological polar surface area (TPSA) is 74.8 Å². The lowest BCUT2D eigenvalue weighted by Gasteiger charge is -2.39. The minimum Gasteiger partial charge on any atom is -0.381 e. The molecule has 170 valence electrons. The third kappa shape index (κ3) is 8.40. The second-order valence-corrected chi connectivity index (χ2v) is 9.21. The summed E-state index contributed by atoms with van der Waals surface area (Å²) in [6, 6.07) is 5.65. The lowest BCUT2D eigenvalue weighted by atomic mass is 9.74. The molecule has 1 fully saturated rings. The van der Waals surface area contributed by atoms with E-state index in [1.807, 2.05) is 39.8 Å². The Morgan fingerprint density at radius 3 is 2.43 bits per heavy atom. The van der Waals surface area contributed by atoms with Gasteiger partial charge in [0.25, 0.3) is 0 Å². The van der Waals surface area contributed by atoms with E-state index in [0.717, 1.165) is 18.4 Å². The maximum atomic E-state index is 12.1. The standard InChI is InChI=1S/C21H32Cl2N4O2.HI/c1-5-24-19(25-13-18(28)27-20(2,3)4)26-14-21(8-10-29-11-9-21)16-7-6-15(22)12-17(16)23;/h6-7,12H,5,8-11,13-14H2,1-4H3,(H,27,28)(H2,24,25,26);1H. The molecule has 9 heteroatoms. The second kappa shape index (κ2) is 12.3. The van der Waals surface area contributed by atoms with Crippen LogP contribution in [0.25, 0.3) is 0 Å². The largest absolute Gasteiger partial charge is 0.381 e. The summed E-state index contributed by atoms with van der Waals surface area (Å²) >= 11 is 12.6. The number of nitrogens with zero attached hydrogens (tertiary/aromatic N) is 1. The molecule has 2 rings (SSSR count). The Labute approximate surface area is 206 Å². The summed E-state index contributed by atoms with van der Waals surface area (Å²) in [7, 11) is 0. The monoisotopic (exact) mass is 570 g/mol. The zero-order valence-corrected chi connectivity index (χ0v) is 22.0. The van der Waals surface area contributed by atoms with Gasteiger partial charge in [-0.05, 0) is 58.2 Å².